The summed E-state index contributed by atoms with van der Waals surface area (Å²) in [5, 5.41) is 12.2. The third-order valence-electron chi connectivity index (χ3n) is 1.67. The van der Waals surface area contributed by atoms with Crippen LogP contribution in [0.1, 0.15) is 19.8 Å². The molecule has 0 aromatic heterocycles. The highest BCUT2D eigenvalue weighted by atomic mass is 16.5. The highest BCUT2D eigenvalue weighted by molar-refractivity contribution is 5.69. The summed E-state index contributed by atoms with van der Waals surface area (Å²) in [7, 11) is 1.76. The first kappa shape index (κ1) is 14.3. The van der Waals surface area contributed by atoms with Crippen molar-refractivity contribution >= 4 is 5.97 Å². The summed E-state index contributed by atoms with van der Waals surface area (Å²) >= 11 is 0. The van der Waals surface area contributed by atoms with Crippen LogP contribution < -0.4 is 5.32 Å². The topological polar surface area (TPSA) is 67.8 Å². The van der Waals surface area contributed by atoms with E-state index >= 15 is 0 Å². The predicted molar refractivity (Wildman–Crippen MR) is 56.6 cm³/mol. The fourth-order valence-corrected chi connectivity index (χ4v) is 0.900. The zero-order chi connectivity index (χ0) is 11.5. The monoisotopic (exact) mass is 219 g/mol. The average molecular weight is 219 g/mol. The van der Waals surface area contributed by atoms with E-state index in [4.69, 9.17) is 9.47 Å². The van der Waals surface area contributed by atoms with Crippen molar-refractivity contribution < 1.29 is 19.4 Å². The third-order valence-corrected chi connectivity index (χ3v) is 1.67. The number of hydrogen-bond donors (Lipinski definition) is 2. The number of ether oxygens (including phenoxy) is 2. The largest absolute Gasteiger partial charge is 0.463 e. The molecule has 0 aromatic rings. The first-order valence-electron chi connectivity index (χ1n) is 5.26. The Balaban J connectivity index is 3.36. The Bertz CT molecular complexity index is 164. The molecule has 0 rings (SSSR count). The van der Waals surface area contributed by atoms with E-state index in [-0.39, 0.29) is 19.2 Å². The lowest BCUT2D eigenvalue weighted by Crippen LogP contribution is -2.25. The molecular formula is C10H21NO4. The lowest BCUT2D eigenvalue weighted by molar-refractivity contribution is -0.147. The Kier molecular flexibility index (Phi) is 9.46. The van der Waals surface area contributed by atoms with Crippen LogP contribution in [0, 0.1) is 0 Å². The summed E-state index contributed by atoms with van der Waals surface area (Å²) < 4.78 is 9.93. The molecule has 0 radical (unpaired) electrons. The minimum atomic E-state index is -0.727. The van der Waals surface area contributed by atoms with Crippen LogP contribution in [0.15, 0.2) is 0 Å². The molecule has 15 heavy (non-hydrogen) atoms. The number of hydrogen-bond acceptors (Lipinski definition) is 5. The van der Waals surface area contributed by atoms with Crippen molar-refractivity contribution in [2.24, 2.45) is 0 Å². The zero-order valence-electron chi connectivity index (χ0n) is 9.49. The van der Waals surface area contributed by atoms with Crippen molar-refractivity contribution in [1.82, 2.24) is 5.32 Å². The molecule has 5 heteroatoms. The van der Waals surface area contributed by atoms with Gasteiger partial charge < -0.3 is 19.9 Å². The van der Waals surface area contributed by atoms with Crippen LogP contribution in [0.25, 0.3) is 0 Å². The van der Waals surface area contributed by atoms with Crippen molar-refractivity contribution in [2.45, 2.75) is 25.9 Å². The van der Waals surface area contributed by atoms with Crippen molar-refractivity contribution in [3.63, 3.8) is 0 Å². The molecule has 0 fully saturated rings. The average Bonchev–Trinajstić information content (AvgIpc) is 2.24. The Morgan fingerprint density at radius 1 is 1.47 bits per heavy atom. The molecule has 5 nitrogen and oxygen atoms in total. The van der Waals surface area contributed by atoms with Gasteiger partial charge in [0.25, 0.3) is 0 Å². The second-order valence-electron chi connectivity index (χ2n) is 3.27. The second kappa shape index (κ2) is 9.89. The Labute approximate surface area is 90.8 Å². The van der Waals surface area contributed by atoms with E-state index < -0.39 is 6.10 Å². The van der Waals surface area contributed by atoms with Gasteiger partial charge >= 0.3 is 5.97 Å². The fourth-order valence-electron chi connectivity index (χ4n) is 0.900. The van der Waals surface area contributed by atoms with Crippen LogP contribution >= 0.6 is 0 Å². The highest BCUT2D eigenvalue weighted by Gasteiger charge is 2.08. The molecule has 0 spiro atoms. The normalized spacial score (nSPS) is 12.5. The van der Waals surface area contributed by atoms with E-state index in [9.17, 15) is 9.90 Å². The summed E-state index contributed by atoms with van der Waals surface area (Å²) in [6.07, 6.45) is 0.503. The molecule has 0 aromatic carbocycles. The second-order valence-corrected chi connectivity index (χ2v) is 3.27. The molecule has 1 unspecified atom stereocenters. The third kappa shape index (κ3) is 9.65. The fraction of sp³-hybridized carbons (Fsp3) is 0.900. The Morgan fingerprint density at radius 2 is 2.20 bits per heavy atom. The maximum atomic E-state index is 11.0. The van der Waals surface area contributed by atoms with E-state index in [0.29, 0.717) is 19.6 Å². The van der Waals surface area contributed by atoms with Gasteiger partial charge in [-0.2, -0.15) is 0 Å². The van der Waals surface area contributed by atoms with Crippen LogP contribution in [-0.4, -0.2) is 50.6 Å². The quantitative estimate of drug-likeness (QED) is 0.419. The minimum Gasteiger partial charge on any atom is -0.463 e. The van der Waals surface area contributed by atoms with E-state index in [2.05, 4.69) is 5.32 Å². The maximum Gasteiger partial charge on any atom is 0.307 e. The molecule has 0 heterocycles. The number of aliphatic hydroxyl groups is 1. The molecule has 2 N–H and O–H groups in total. The van der Waals surface area contributed by atoms with Crippen LogP contribution in [0.3, 0.4) is 0 Å². The number of nitrogens with one attached hydrogen (secondary N) is 1. The van der Waals surface area contributed by atoms with Crippen molar-refractivity contribution in [3.8, 4) is 0 Å². The number of esters is 1. The van der Waals surface area contributed by atoms with Crippen molar-refractivity contribution in [2.75, 3.05) is 33.4 Å². The number of aliphatic hydroxyl groups excluding tert-OH is 1. The van der Waals surface area contributed by atoms with Gasteiger partial charge in [0, 0.05) is 13.2 Å². The lowest BCUT2D eigenvalue weighted by atomic mass is 10.4. The van der Waals surface area contributed by atoms with E-state index in [1.165, 1.54) is 0 Å². The molecule has 0 aliphatic heterocycles. The zero-order valence-corrected chi connectivity index (χ0v) is 9.49. The molecule has 0 saturated carbocycles. The van der Waals surface area contributed by atoms with Gasteiger partial charge in [-0.05, 0) is 13.5 Å². The van der Waals surface area contributed by atoms with E-state index in [1.807, 2.05) is 6.92 Å². The molecular weight excluding hydrogens is 198 g/mol. The summed E-state index contributed by atoms with van der Waals surface area (Å²) in [5.74, 6) is -0.307. The van der Waals surface area contributed by atoms with Crippen LogP contribution in [0.4, 0.5) is 0 Å². The van der Waals surface area contributed by atoms with Gasteiger partial charge in [0.2, 0.25) is 0 Å². The summed E-state index contributed by atoms with van der Waals surface area (Å²) in [5.41, 5.74) is 0. The van der Waals surface area contributed by atoms with Gasteiger partial charge in [0.05, 0.1) is 13.0 Å². The molecule has 90 valence electrons. The Morgan fingerprint density at radius 3 is 2.80 bits per heavy atom. The summed E-state index contributed by atoms with van der Waals surface area (Å²) in [6, 6.07) is 0. The van der Waals surface area contributed by atoms with Gasteiger partial charge in [0.15, 0.2) is 0 Å². The Hall–Kier alpha value is -0.650. The van der Waals surface area contributed by atoms with Crippen LogP contribution in [-0.2, 0) is 14.3 Å². The van der Waals surface area contributed by atoms with E-state index in [0.717, 1.165) is 6.42 Å². The van der Waals surface area contributed by atoms with Gasteiger partial charge in [-0.3, -0.25) is 4.79 Å². The first-order chi connectivity index (χ1) is 7.20. The SMILES string of the molecule is CCCOCC(O)COC(=O)CCNC. The maximum absolute atomic E-state index is 11.0. The van der Waals surface area contributed by atoms with Gasteiger partial charge in [-0.1, -0.05) is 6.92 Å². The van der Waals surface area contributed by atoms with Gasteiger partial charge in [-0.15, -0.1) is 0 Å². The molecule has 0 aliphatic carbocycles. The van der Waals surface area contributed by atoms with Crippen molar-refractivity contribution in [3.05, 3.63) is 0 Å². The van der Waals surface area contributed by atoms with Gasteiger partial charge in [0.1, 0.15) is 12.7 Å². The molecule has 1 atom stereocenters. The first-order valence-corrected chi connectivity index (χ1v) is 5.26. The number of carbonyl (C=O) groups is 1. The highest BCUT2D eigenvalue weighted by Crippen LogP contribution is 1.92. The molecule has 0 saturated heterocycles. The van der Waals surface area contributed by atoms with Crippen molar-refractivity contribution in [1.29, 1.82) is 0 Å². The van der Waals surface area contributed by atoms with Crippen LogP contribution in [0.2, 0.25) is 0 Å². The minimum absolute atomic E-state index is 0.00621. The molecule has 0 aliphatic rings. The number of carbonyl (C=O) groups excluding carboxylic acids is 1. The number of rotatable bonds is 9. The van der Waals surface area contributed by atoms with Gasteiger partial charge in [-0.25, -0.2) is 0 Å². The van der Waals surface area contributed by atoms with Crippen LogP contribution in [0.5, 0.6) is 0 Å². The van der Waals surface area contributed by atoms with E-state index in [1.54, 1.807) is 7.05 Å². The predicted octanol–water partition coefficient (Wildman–Crippen LogP) is -0.0734. The standard InChI is InChI=1S/C10H21NO4/c1-3-6-14-7-9(12)8-15-10(13)4-5-11-2/h9,11-12H,3-8H2,1-2H3. The summed E-state index contributed by atoms with van der Waals surface area (Å²) in [4.78, 5) is 11.0. The lowest BCUT2D eigenvalue weighted by Gasteiger charge is -2.11. The molecule has 0 amide bonds. The summed E-state index contributed by atoms with van der Waals surface area (Å²) in [6.45, 7) is 3.41. The molecule has 0 bridgehead atoms. The smallest absolute Gasteiger partial charge is 0.307 e.